The zero-order valence-electron chi connectivity index (χ0n) is 9.68. The molecule has 4 nitrogen and oxygen atoms in total. The van der Waals surface area contributed by atoms with Crippen molar-refractivity contribution in [1.29, 1.82) is 0 Å². The summed E-state index contributed by atoms with van der Waals surface area (Å²) in [7, 11) is 0. The van der Waals surface area contributed by atoms with Crippen molar-refractivity contribution in [3.63, 3.8) is 0 Å². The number of hydrogen-bond donors (Lipinski definition) is 1. The predicted octanol–water partition coefficient (Wildman–Crippen LogP) is 2.34. The van der Waals surface area contributed by atoms with Crippen molar-refractivity contribution < 1.29 is 4.79 Å². The Bertz CT molecular complexity index is 491. The van der Waals surface area contributed by atoms with Crippen LogP contribution in [0.3, 0.4) is 0 Å². The predicted molar refractivity (Wildman–Crippen MR) is 67.9 cm³/mol. The van der Waals surface area contributed by atoms with E-state index in [0.717, 1.165) is 10.6 Å². The average Bonchev–Trinajstić information content (AvgIpc) is 2.82. The Hall–Kier alpha value is -1.75. The lowest BCUT2D eigenvalue weighted by atomic mass is 10.2. The maximum atomic E-state index is 11.7. The van der Waals surface area contributed by atoms with E-state index in [-0.39, 0.29) is 11.9 Å². The first-order valence-corrected chi connectivity index (χ1v) is 6.20. The third-order valence-corrected chi connectivity index (χ3v) is 2.93. The van der Waals surface area contributed by atoms with Crippen LogP contribution >= 0.6 is 11.3 Å². The number of rotatable bonds is 3. The van der Waals surface area contributed by atoms with Crippen LogP contribution in [0.25, 0.3) is 10.6 Å². The summed E-state index contributed by atoms with van der Waals surface area (Å²) in [4.78, 5) is 20.9. The third-order valence-electron chi connectivity index (χ3n) is 2.13. The van der Waals surface area contributed by atoms with Gasteiger partial charge in [0.15, 0.2) is 0 Å². The Morgan fingerprint density at radius 2 is 2.18 bits per heavy atom. The van der Waals surface area contributed by atoms with Crippen LogP contribution in [0, 0.1) is 0 Å². The van der Waals surface area contributed by atoms with Gasteiger partial charge in [-0.15, -0.1) is 11.3 Å². The highest BCUT2D eigenvalue weighted by Crippen LogP contribution is 2.20. The highest BCUT2D eigenvalue weighted by molar-refractivity contribution is 7.13. The maximum absolute atomic E-state index is 11.7. The lowest BCUT2D eigenvalue weighted by molar-refractivity contribution is 0.0943. The fourth-order valence-electron chi connectivity index (χ4n) is 1.36. The van der Waals surface area contributed by atoms with Gasteiger partial charge in [-0.1, -0.05) is 0 Å². The van der Waals surface area contributed by atoms with E-state index in [1.807, 2.05) is 19.9 Å². The standard InChI is InChI=1S/C12H13N3OS/c1-8(2)15-12(16)9-3-4-10(14-5-9)11-6-13-7-17-11/h3-8H,1-2H3,(H,15,16). The van der Waals surface area contributed by atoms with Crippen LogP contribution in [0.4, 0.5) is 0 Å². The molecule has 2 aromatic rings. The molecule has 0 aliphatic heterocycles. The van der Waals surface area contributed by atoms with Crippen molar-refractivity contribution in [3.05, 3.63) is 35.6 Å². The van der Waals surface area contributed by atoms with E-state index in [2.05, 4.69) is 15.3 Å². The molecular weight excluding hydrogens is 234 g/mol. The normalized spacial score (nSPS) is 10.5. The van der Waals surface area contributed by atoms with Crippen LogP contribution in [0.5, 0.6) is 0 Å². The molecule has 0 unspecified atom stereocenters. The molecule has 0 spiro atoms. The summed E-state index contributed by atoms with van der Waals surface area (Å²) in [6.07, 6.45) is 3.35. The van der Waals surface area contributed by atoms with Gasteiger partial charge in [0.1, 0.15) is 0 Å². The number of thiazole rings is 1. The number of hydrogen-bond acceptors (Lipinski definition) is 4. The molecular formula is C12H13N3OS. The molecule has 2 heterocycles. The summed E-state index contributed by atoms with van der Waals surface area (Å²) < 4.78 is 0. The Kier molecular flexibility index (Phi) is 3.49. The molecule has 0 atom stereocenters. The molecule has 0 aliphatic rings. The lowest BCUT2D eigenvalue weighted by Crippen LogP contribution is -2.30. The molecule has 0 fully saturated rings. The molecule has 0 saturated heterocycles. The van der Waals surface area contributed by atoms with E-state index < -0.39 is 0 Å². The van der Waals surface area contributed by atoms with Crippen molar-refractivity contribution in [2.75, 3.05) is 0 Å². The van der Waals surface area contributed by atoms with Crippen molar-refractivity contribution in [3.8, 4) is 10.6 Å². The van der Waals surface area contributed by atoms with Gasteiger partial charge in [0, 0.05) is 18.4 Å². The smallest absolute Gasteiger partial charge is 0.253 e. The highest BCUT2D eigenvalue weighted by atomic mass is 32.1. The Morgan fingerprint density at radius 3 is 2.71 bits per heavy atom. The Balaban J connectivity index is 2.16. The van der Waals surface area contributed by atoms with E-state index in [1.54, 1.807) is 24.0 Å². The molecule has 0 aliphatic carbocycles. The maximum Gasteiger partial charge on any atom is 0.253 e. The van der Waals surface area contributed by atoms with Crippen LogP contribution in [0.1, 0.15) is 24.2 Å². The summed E-state index contributed by atoms with van der Waals surface area (Å²) in [6.45, 7) is 3.86. The van der Waals surface area contributed by atoms with Crippen LogP contribution < -0.4 is 5.32 Å². The van der Waals surface area contributed by atoms with Crippen LogP contribution in [-0.2, 0) is 0 Å². The van der Waals surface area contributed by atoms with Crippen LogP contribution in [-0.4, -0.2) is 21.9 Å². The minimum absolute atomic E-state index is 0.0941. The first-order chi connectivity index (χ1) is 8.16. The Morgan fingerprint density at radius 1 is 1.35 bits per heavy atom. The van der Waals surface area contributed by atoms with Crippen LogP contribution in [0.15, 0.2) is 30.0 Å². The van der Waals surface area contributed by atoms with Gasteiger partial charge in [-0.25, -0.2) is 0 Å². The molecule has 17 heavy (non-hydrogen) atoms. The van der Waals surface area contributed by atoms with E-state index in [0.29, 0.717) is 5.56 Å². The number of carbonyl (C=O) groups is 1. The summed E-state index contributed by atoms with van der Waals surface area (Å²) in [6, 6.07) is 3.74. The molecule has 1 amide bonds. The molecule has 2 aromatic heterocycles. The lowest BCUT2D eigenvalue weighted by Gasteiger charge is -2.07. The van der Waals surface area contributed by atoms with E-state index in [4.69, 9.17) is 0 Å². The second-order valence-corrected chi connectivity index (χ2v) is 4.81. The number of pyridine rings is 1. The van der Waals surface area contributed by atoms with Crippen molar-refractivity contribution in [1.82, 2.24) is 15.3 Å². The SMILES string of the molecule is CC(C)NC(=O)c1ccc(-c2cncs2)nc1. The number of amides is 1. The molecule has 5 heteroatoms. The van der Waals surface area contributed by atoms with Gasteiger partial charge in [0.05, 0.1) is 21.6 Å². The van der Waals surface area contributed by atoms with E-state index in [9.17, 15) is 4.79 Å². The van der Waals surface area contributed by atoms with Crippen LogP contribution in [0.2, 0.25) is 0 Å². The van der Waals surface area contributed by atoms with Gasteiger partial charge in [-0.05, 0) is 26.0 Å². The quantitative estimate of drug-likeness (QED) is 0.905. The molecule has 88 valence electrons. The highest BCUT2D eigenvalue weighted by Gasteiger charge is 2.08. The molecule has 0 radical (unpaired) electrons. The molecule has 2 rings (SSSR count). The summed E-state index contributed by atoms with van der Waals surface area (Å²) in [5, 5.41) is 2.82. The fourth-order valence-corrected chi connectivity index (χ4v) is 1.96. The molecule has 0 bridgehead atoms. The molecule has 0 aromatic carbocycles. The van der Waals surface area contributed by atoms with Gasteiger partial charge >= 0.3 is 0 Å². The van der Waals surface area contributed by atoms with Gasteiger partial charge in [-0.2, -0.15) is 0 Å². The summed E-state index contributed by atoms with van der Waals surface area (Å²) in [5.74, 6) is -0.0941. The van der Waals surface area contributed by atoms with Crippen molar-refractivity contribution in [2.45, 2.75) is 19.9 Å². The average molecular weight is 247 g/mol. The number of nitrogens with one attached hydrogen (secondary N) is 1. The minimum Gasteiger partial charge on any atom is -0.350 e. The minimum atomic E-state index is -0.0941. The first-order valence-electron chi connectivity index (χ1n) is 5.32. The summed E-state index contributed by atoms with van der Waals surface area (Å²) >= 11 is 1.53. The van der Waals surface area contributed by atoms with Gasteiger partial charge in [-0.3, -0.25) is 14.8 Å². The third kappa shape index (κ3) is 2.88. The number of carbonyl (C=O) groups excluding carboxylic acids is 1. The van der Waals surface area contributed by atoms with Gasteiger partial charge in [0.25, 0.3) is 5.91 Å². The second-order valence-electron chi connectivity index (χ2n) is 3.93. The number of aromatic nitrogens is 2. The fraction of sp³-hybridized carbons (Fsp3) is 0.250. The largest absolute Gasteiger partial charge is 0.350 e. The topological polar surface area (TPSA) is 54.9 Å². The van der Waals surface area contributed by atoms with Crippen molar-refractivity contribution in [2.24, 2.45) is 0 Å². The van der Waals surface area contributed by atoms with Gasteiger partial charge < -0.3 is 5.32 Å². The second kappa shape index (κ2) is 5.05. The van der Waals surface area contributed by atoms with E-state index in [1.165, 1.54) is 11.3 Å². The zero-order valence-corrected chi connectivity index (χ0v) is 10.5. The van der Waals surface area contributed by atoms with Gasteiger partial charge in [0.2, 0.25) is 0 Å². The Labute approximate surface area is 104 Å². The summed E-state index contributed by atoms with van der Waals surface area (Å²) in [5.41, 5.74) is 3.18. The molecule has 1 N–H and O–H groups in total. The zero-order chi connectivity index (χ0) is 12.3. The van der Waals surface area contributed by atoms with Crippen molar-refractivity contribution >= 4 is 17.2 Å². The molecule has 0 saturated carbocycles. The van der Waals surface area contributed by atoms with E-state index >= 15 is 0 Å². The first kappa shape index (κ1) is 11.7. The number of nitrogens with zero attached hydrogens (tertiary/aromatic N) is 2. The monoisotopic (exact) mass is 247 g/mol.